The van der Waals surface area contributed by atoms with Gasteiger partial charge in [0, 0.05) is 12.5 Å². The molecule has 0 aliphatic heterocycles. The van der Waals surface area contributed by atoms with Crippen LogP contribution in [-0.2, 0) is 22.4 Å². The maximum Gasteiger partial charge on any atom is 0.330 e. The lowest BCUT2D eigenvalue weighted by molar-refractivity contribution is -0.155. The average Bonchev–Trinajstić information content (AvgIpc) is 2.82. The minimum Gasteiger partial charge on any atom is -0.469 e. The van der Waals surface area contributed by atoms with E-state index in [4.69, 9.17) is 9.15 Å². The molecule has 22 heavy (non-hydrogen) atoms. The van der Waals surface area contributed by atoms with Crippen LogP contribution in [-0.4, -0.2) is 12.1 Å². The number of carbonyl (C=O) groups is 1. The van der Waals surface area contributed by atoms with Gasteiger partial charge in [-0.2, -0.15) is 0 Å². The molecule has 3 nitrogen and oxygen atoms in total. The van der Waals surface area contributed by atoms with Gasteiger partial charge in [0.2, 0.25) is 0 Å². The van der Waals surface area contributed by atoms with Crippen molar-refractivity contribution in [2.75, 3.05) is 0 Å². The number of furan rings is 1. The van der Waals surface area contributed by atoms with E-state index in [-0.39, 0.29) is 17.5 Å². The molecule has 1 heterocycles. The van der Waals surface area contributed by atoms with E-state index >= 15 is 0 Å². The second-order valence-electron chi connectivity index (χ2n) is 7.25. The zero-order valence-electron chi connectivity index (χ0n) is 14.0. The van der Waals surface area contributed by atoms with E-state index in [2.05, 4.69) is 20.8 Å². The molecule has 3 rings (SSSR count). The van der Waals surface area contributed by atoms with Crippen LogP contribution >= 0.6 is 0 Å². The molecule has 1 fully saturated rings. The first kappa shape index (κ1) is 15.4. The molecule has 120 valence electrons. The normalized spacial score (nSPS) is 34.3. The van der Waals surface area contributed by atoms with Gasteiger partial charge < -0.3 is 9.15 Å². The van der Waals surface area contributed by atoms with E-state index in [0.717, 1.165) is 25.7 Å². The molecule has 0 spiro atoms. The fourth-order valence-corrected chi connectivity index (χ4v) is 4.40. The van der Waals surface area contributed by atoms with Gasteiger partial charge in [-0.15, -0.1) is 0 Å². The molecule has 1 aromatic rings. The third-order valence-corrected chi connectivity index (χ3v) is 6.08. The first-order valence-electron chi connectivity index (χ1n) is 8.35. The average molecular weight is 302 g/mol. The number of carbonyl (C=O) groups excluding carboxylic acids is 1. The van der Waals surface area contributed by atoms with Crippen molar-refractivity contribution in [2.45, 2.75) is 59.5 Å². The monoisotopic (exact) mass is 302 g/mol. The van der Waals surface area contributed by atoms with Gasteiger partial charge in [0.25, 0.3) is 0 Å². The third kappa shape index (κ3) is 2.41. The van der Waals surface area contributed by atoms with E-state index in [9.17, 15) is 4.79 Å². The van der Waals surface area contributed by atoms with Crippen LogP contribution in [0.25, 0.3) is 0 Å². The van der Waals surface area contributed by atoms with E-state index in [0.29, 0.717) is 11.8 Å². The lowest BCUT2D eigenvalue weighted by Crippen LogP contribution is -2.50. The molecule has 0 bridgehead atoms. The van der Waals surface area contributed by atoms with Gasteiger partial charge in [0.1, 0.15) is 11.9 Å². The lowest BCUT2D eigenvalue weighted by atomic mass is 9.55. The first-order chi connectivity index (χ1) is 10.5. The Bertz CT molecular complexity index is 598. The summed E-state index contributed by atoms with van der Waals surface area (Å²) in [7, 11) is 0. The number of hydrogen-bond donors (Lipinski definition) is 0. The zero-order valence-corrected chi connectivity index (χ0v) is 14.0. The topological polar surface area (TPSA) is 39.4 Å². The molecule has 1 saturated carbocycles. The number of fused-ring (bicyclic) bond motifs is 2. The number of ether oxygens (including phenoxy) is 1. The van der Waals surface area contributed by atoms with Crippen molar-refractivity contribution < 1.29 is 13.9 Å². The van der Waals surface area contributed by atoms with Crippen LogP contribution in [0.4, 0.5) is 0 Å². The third-order valence-electron chi connectivity index (χ3n) is 6.08. The Morgan fingerprint density at radius 2 is 2.23 bits per heavy atom. The molecule has 4 unspecified atom stereocenters. The summed E-state index contributed by atoms with van der Waals surface area (Å²) in [6.07, 6.45) is 9.29. The van der Waals surface area contributed by atoms with Gasteiger partial charge in [-0.05, 0) is 61.5 Å². The van der Waals surface area contributed by atoms with E-state index in [1.807, 2.05) is 13.2 Å². The SMILES string of the molecule is CC=CC(=O)OC1CCC2Cc3occ(C)c3CC2(C)C1C. The zero-order chi connectivity index (χ0) is 15.9. The molecule has 2 aliphatic rings. The minimum absolute atomic E-state index is 0.0266. The van der Waals surface area contributed by atoms with Crippen molar-refractivity contribution in [3.05, 3.63) is 35.3 Å². The van der Waals surface area contributed by atoms with Crippen molar-refractivity contribution in [1.29, 1.82) is 0 Å². The summed E-state index contributed by atoms with van der Waals surface area (Å²) >= 11 is 0. The molecular formula is C19H26O3. The maximum absolute atomic E-state index is 11.8. The summed E-state index contributed by atoms with van der Waals surface area (Å²) in [5.41, 5.74) is 2.82. The molecule has 2 aliphatic carbocycles. The van der Waals surface area contributed by atoms with Crippen molar-refractivity contribution in [1.82, 2.24) is 0 Å². The standard InChI is InChI=1S/C19H26O3/c1-5-6-18(20)22-16-8-7-14-9-17-15(12(2)11-21-17)10-19(14,4)13(16)3/h5-6,11,13-14,16H,7-10H2,1-4H3. The number of hydrogen-bond acceptors (Lipinski definition) is 3. The number of rotatable bonds is 2. The van der Waals surface area contributed by atoms with Crippen LogP contribution in [0.3, 0.4) is 0 Å². The second kappa shape index (κ2) is 5.60. The maximum atomic E-state index is 11.8. The molecule has 4 atom stereocenters. The Hall–Kier alpha value is -1.51. The van der Waals surface area contributed by atoms with Crippen LogP contribution < -0.4 is 0 Å². The quantitative estimate of drug-likeness (QED) is 0.606. The summed E-state index contributed by atoms with van der Waals surface area (Å²) in [6, 6.07) is 0. The Balaban J connectivity index is 1.83. The molecule has 0 amide bonds. The molecule has 0 saturated heterocycles. The van der Waals surface area contributed by atoms with E-state index < -0.39 is 0 Å². The lowest BCUT2D eigenvalue weighted by Gasteiger charge is -2.51. The van der Waals surface area contributed by atoms with Crippen LogP contribution in [0.2, 0.25) is 0 Å². The second-order valence-corrected chi connectivity index (χ2v) is 7.25. The molecule has 1 aromatic heterocycles. The highest BCUT2D eigenvalue weighted by Crippen LogP contribution is 2.53. The summed E-state index contributed by atoms with van der Waals surface area (Å²) in [6.45, 7) is 8.59. The molecule has 0 N–H and O–H groups in total. The minimum atomic E-state index is -0.211. The van der Waals surface area contributed by atoms with Crippen molar-refractivity contribution in [2.24, 2.45) is 17.3 Å². The fraction of sp³-hybridized carbons (Fsp3) is 0.632. The van der Waals surface area contributed by atoms with E-state index in [1.165, 1.54) is 23.0 Å². The predicted molar refractivity (Wildman–Crippen MR) is 85.5 cm³/mol. The predicted octanol–water partition coefficient (Wildman–Crippen LogP) is 4.23. The summed E-state index contributed by atoms with van der Waals surface area (Å²) in [5.74, 6) is 1.95. The number of esters is 1. The van der Waals surface area contributed by atoms with E-state index in [1.54, 1.807) is 6.08 Å². The van der Waals surface area contributed by atoms with Crippen LogP contribution in [0, 0.1) is 24.2 Å². The van der Waals surface area contributed by atoms with Gasteiger partial charge in [-0.1, -0.05) is 19.9 Å². The first-order valence-corrected chi connectivity index (χ1v) is 8.35. The highest BCUT2D eigenvalue weighted by molar-refractivity contribution is 5.81. The summed E-state index contributed by atoms with van der Waals surface area (Å²) in [4.78, 5) is 11.8. The summed E-state index contributed by atoms with van der Waals surface area (Å²) in [5, 5.41) is 0. The smallest absolute Gasteiger partial charge is 0.330 e. The van der Waals surface area contributed by atoms with Gasteiger partial charge in [0.15, 0.2) is 0 Å². The van der Waals surface area contributed by atoms with Crippen LogP contribution in [0.1, 0.15) is 50.5 Å². The van der Waals surface area contributed by atoms with Crippen LogP contribution in [0.15, 0.2) is 22.8 Å². The summed E-state index contributed by atoms with van der Waals surface area (Å²) < 4.78 is 11.5. The number of allylic oxidation sites excluding steroid dienone is 1. The highest BCUT2D eigenvalue weighted by atomic mass is 16.5. The Morgan fingerprint density at radius 3 is 2.95 bits per heavy atom. The van der Waals surface area contributed by atoms with Crippen molar-refractivity contribution in [3.63, 3.8) is 0 Å². The highest BCUT2D eigenvalue weighted by Gasteiger charge is 2.50. The van der Waals surface area contributed by atoms with Gasteiger partial charge in [-0.25, -0.2) is 4.79 Å². The Morgan fingerprint density at radius 1 is 1.45 bits per heavy atom. The van der Waals surface area contributed by atoms with Gasteiger partial charge in [-0.3, -0.25) is 0 Å². The fourth-order valence-electron chi connectivity index (χ4n) is 4.40. The molecule has 0 aromatic carbocycles. The van der Waals surface area contributed by atoms with Crippen molar-refractivity contribution >= 4 is 5.97 Å². The molecule has 0 radical (unpaired) electrons. The molecule has 3 heteroatoms. The van der Waals surface area contributed by atoms with Gasteiger partial charge >= 0.3 is 5.97 Å². The Kier molecular flexibility index (Phi) is 3.92. The van der Waals surface area contributed by atoms with Crippen molar-refractivity contribution in [3.8, 4) is 0 Å². The number of aryl methyl sites for hydroxylation is 1. The molecular weight excluding hydrogens is 276 g/mol. The Labute approximate surface area is 132 Å². The van der Waals surface area contributed by atoms with Gasteiger partial charge in [0.05, 0.1) is 6.26 Å². The van der Waals surface area contributed by atoms with Crippen LogP contribution in [0.5, 0.6) is 0 Å². The largest absolute Gasteiger partial charge is 0.469 e.